The molecule has 1 amide bonds. The molecule has 1 fully saturated rings. The van der Waals surface area contributed by atoms with Crippen LogP contribution in [0.25, 0.3) is 0 Å². The van der Waals surface area contributed by atoms with Crippen molar-refractivity contribution >= 4 is 11.6 Å². The standard InChI is InChI=1S/C11H14N2O2/c12-9-3-1-2-8(6-9)11(15)13-5-4-10(14)7-13/h1-3,6,10,14H,4-5,7,12H2/t10-/m1/s1. The van der Waals surface area contributed by atoms with Gasteiger partial charge in [0.05, 0.1) is 6.10 Å². The first-order valence-corrected chi connectivity index (χ1v) is 4.99. The van der Waals surface area contributed by atoms with Crippen LogP contribution in [-0.4, -0.2) is 35.1 Å². The van der Waals surface area contributed by atoms with Gasteiger partial charge in [0.25, 0.3) is 5.91 Å². The fourth-order valence-corrected chi connectivity index (χ4v) is 1.78. The van der Waals surface area contributed by atoms with E-state index in [0.29, 0.717) is 30.8 Å². The average molecular weight is 206 g/mol. The molecule has 0 spiro atoms. The molecule has 4 heteroatoms. The molecular formula is C11H14N2O2. The van der Waals surface area contributed by atoms with Crippen LogP contribution in [-0.2, 0) is 0 Å². The number of hydrogen-bond donors (Lipinski definition) is 2. The second-order valence-electron chi connectivity index (χ2n) is 3.82. The second kappa shape index (κ2) is 3.90. The largest absolute Gasteiger partial charge is 0.399 e. The number of aliphatic hydroxyl groups excluding tert-OH is 1. The minimum atomic E-state index is -0.380. The van der Waals surface area contributed by atoms with Gasteiger partial charge in [0.15, 0.2) is 0 Å². The van der Waals surface area contributed by atoms with Gasteiger partial charge in [-0.05, 0) is 24.6 Å². The third-order valence-corrected chi connectivity index (χ3v) is 2.58. The number of nitrogens with two attached hydrogens (primary N) is 1. The summed E-state index contributed by atoms with van der Waals surface area (Å²) >= 11 is 0. The molecule has 0 bridgehead atoms. The molecule has 2 rings (SSSR count). The number of carbonyl (C=O) groups is 1. The van der Waals surface area contributed by atoms with Crippen molar-refractivity contribution in [3.8, 4) is 0 Å². The predicted octanol–water partition coefficient (Wildman–Crippen LogP) is 0.476. The highest BCUT2D eigenvalue weighted by atomic mass is 16.3. The van der Waals surface area contributed by atoms with Crippen LogP contribution in [0.15, 0.2) is 24.3 Å². The van der Waals surface area contributed by atoms with Gasteiger partial charge in [0.2, 0.25) is 0 Å². The maximum Gasteiger partial charge on any atom is 0.254 e. The molecule has 4 nitrogen and oxygen atoms in total. The van der Waals surface area contributed by atoms with Crippen LogP contribution in [0.1, 0.15) is 16.8 Å². The Morgan fingerprint density at radius 3 is 2.93 bits per heavy atom. The summed E-state index contributed by atoms with van der Waals surface area (Å²) in [4.78, 5) is 13.6. The van der Waals surface area contributed by atoms with E-state index in [2.05, 4.69) is 0 Å². The van der Waals surface area contributed by atoms with E-state index in [0.717, 1.165) is 0 Å². The first-order valence-electron chi connectivity index (χ1n) is 4.99. The summed E-state index contributed by atoms with van der Waals surface area (Å²) in [5.74, 6) is -0.0566. The Hall–Kier alpha value is -1.55. The third-order valence-electron chi connectivity index (χ3n) is 2.58. The van der Waals surface area contributed by atoms with Crippen LogP contribution in [0.3, 0.4) is 0 Å². The van der Waals surface area contributed by atoms with Crippen LogP contribution in [0.2, 0.25) is 0 Å². The summed E-state index contributed by atoms with van der Waals surface area (Å²) in [6, 6.07) is 6.90. The summed E-state index contributed by atoms with van der Waals surface area (Å²) in [7, 11) is 0. The van der Waals surface area contributed by atoms with Gasteiger partial charge in [-0.1, -0.05) is 6.07 Å². The molecule has 1 saturated heterocycles. The molecule has 1 atom stereocenters. The summed E-state index contributed by atoms with van der Waals surface area (Å²) in [6.45, 7) is 1.04. The van der Waals surface area contributed by atoms with Crippen molar-refractivity contribution in [1.82, 2.24) is 4.90 Å². The summed E-state index contributed by atoms with van der Waals surface area (Å²) in [5, 5.41) is 9.33. The zero-order chi connectivity index (χ0) is 10.8. The van der Waals surface area contributed by atoms with Crippen LogP contribution in [0, 0.1) is 0 Å². The number of aliphatic hydroxyl groups is 1. The lowest BCUT2D eigenvalue weighted by atomic mass is 10.2. The maximum absolute atomic E-state index is 11.9. The van der Waals surface area contributed by atoms with E-state index in [1.807, 2.05) is 0 Å². The molecule has 3 N–H and O–H groups in total. The highest BCUT2D eigenvalue weighted by Crippen LogP contribution is 2.15. The smallest absolute Gasteiger partial charge is 0.254 e. The van der Waals surface area contributed by atoms with E-state index in [-0.39, 0.29) is 12.0 Å². The van der Waals surface area contributed by atoms with Crippen LogP contribution in [0.5, 0.6) is 0 Å². The van der Waals surface area contributed by atoms with Gasteiger partial charge in [-0.3, -0.25) is 4.79 Å². The minimum absolute atomic E-state index is 0.0566. The van der Waals surface area contributed by atoms with Crippen molar-refractivity contribution in [2.75, 3.05) is 18.8 Å². The summed E-state index contributed by atoms with van der Waals surface area (Å²) < 4.78 is 0. The molecule has 1 aromatic carbocycles. The Bertz CT molecular complexity index is 379. The molecule has 1 aliphatic heterocycles. The number of amides is 1. The van der Waals surface area contributed by atoms with Crippen molar-refractivity contribution in [2.24, 2.45) is 0 Å². The zero-order valence-electron chi connectivity index (χ0n) is 8.39. The average Bonchev–Trinajstić information content (AvgIpc) is 2.64. The van der Waals surface area contributed by atoms with Gasteiger partial charge in [-0.15, -0.1) is 0 Å². The number of hydrogen-bond acceptors (Lipinski definition) is 3. The maximum atomic E-state index is 11.9. The summed E-state index contributed by atoms with van der Waals surface area (Å²) in [6.07, 6.45) is 0.281. The molecule has 0 saturated carbocycles. The quantitative estimate of drug-likeness (QED) is 0.657. The number of nitrogen functional groups attached to an aromatic ring is 1. The molecule has 1 aliphatic rings. The van der Waals surface area contributed by atoms with E-state index < -0.39 is 0 Å². The number of likely N-dealkylation sites (tertiary alicyclic amines) is 1. The fourth-order valence-electron chi connectivity index (χ4n) is 1.78. The van der Waals surface area contributed by atoms with E-state index in [1.165, 1.54) is 0 Å². The first kappa shape index (κ1) is 9.98. The number of rotatable bonds is 1. The third kappa shape index (κ3) is 2.10. The molecule has 1 heterocycles. The van der Waals surface area contributed by atoms with E-state index in [1.54, 1.807) is 29.2 Å². The molecule has 0 aromatic heterocycles. The highest BCUT2D eigenvalue weighted by molar-refractivity contribution is 5.95. The van der Waals surface area contributed by atoms with Gasteiger partial charge in [0, 0.05) is 24.3 Å². The topological polar surface area (TPSA) is 66.6 Å². The number of carbonyl (C=O) groups excluding carboxylic acids is 1. The van der Waals surface area contributed by atoms with Crippen molar-refractivity contribution in [3.63, 3.8) is 0 Å². The minimum Gasteiger partial charge on any atom is -0.399 e. The molecule has 0 unspecified atom stereocenters. The summed E-state index contributed by atoms with van der Waals surface area (Å²) in [5.41, 5.74) is 6.77. The normalized spacial score (nSPS) is 20.6. The Labute approximate surface area is 88.3 Å². The van der Waals surface area contributed by atoms with Crippen LogP contribution >= 0.6 is 0 Å². The lowest BCUT2D eigenvalue weighted by molar-refractivity contribution is 0.0765. The van der Waals surface area contributed by atoms with Crippen molar-refractivity contribution in [2.45, 2.75) is 12.5 Å². The van der Waals surface area contributed by atoms with Crippen molar-refractivity contribution < 1.29 is 9.90 Å². The molecular weight excluding hydrogens is 192 g/mol. The molecule has 1 aromatic rings. The Balaban J connectivity index is 2.14. The molecule has 0 aliphatic carbocycles. The second-order valence-corrected chi connectivity index (χ2v) is 3.82. The molecule has 80 valence electrons. The van der Waals surface area contributed by atoms with E-state index >= 15 is 0 Å². The Kier molecular flexibility index (Phi) is 2.60. The predicted molar refractivity (Wildman–Crippen MR) is 57.4 cm³/mol. The lowest BCUT2D eigenvalue weighted by Gasteiger charge is -2.15. The SMILES string of the molecule is Nc1cccc(C(=O)N2CC[C@@H](O)C2)c1. The monoisotopic (exact) mass is 206 g/mol. The highest BCUT2D eigenvalue weighted by Gasteiger charge is 2.25. The number of β-amino-alcohol motifs (C(OH)–C–C–N with tert-alkyl or cyclic N) is 1. The lowest BCUT2D eigenvalue weighted by Crippen LogP contribution is -2.29. The molecule has 15 heavy (non-hydrogen) atoms. The zero-order valence-corrected chi connectivity index (χ0v) is 8.39. The van der Waals surface area contributed by atoms with Crippen molar-refractivity contribution in [1.29, 1.82) is 0 Å². The van der Waals surface area contributed by atoms with Gasteiger partial charge >= 0.3 is 0 Å². The number of nitrogens with zero attached hydrogens (tertiary/aromatic N) is 1. The molecule has 0 radical (unpaired) electrons. The Morgan fingerprint density at radius 2 is 2.33 bits per heavy atom. The van der Waals surface area contributed by atoms with Gasteiger partial charge < -0.3 is 15.7 Å². The Morgan fingerprint density at radius 1 is 1.53 bits per heavy atom. The van der Waals surface area contributed by atoms with E-state index in [4.69, 9.17) is 5.73 Å². The fraction of sp³-hybridized carbons (Fsp3) is 0.364. The van der Waals surface area contributed by atoms with Crippen LogP contribution < -0.4 is 5.73 Å². The van der Waals surface area contributed by atoms with Crippen LogP contribution in [0.4, 0.5) is 5.69 Å². The first-order chi connectivity index (χ1) is 7.16. The van der Waals surface area contributed by atoms with Gasteiger partial charge in [-0.2, -0.15) is 0 Å². The van der Waals surface area contributed by atoms with Gasteiger partial charge in [0.1, 0.15) is 0 Å². The number of anilines is 1. The van der Waals surface area contributed by atoms with E-state index in [9.17, 15) is 9.90 Å². The number of benzene rings is 1. The van der Waals surface area contributed by atoms with Crippen molar-refractivity contribution in [3.05, 3.63) is 29.8 Å². The van der Waals surface area contributed by atoms with Gasteiger partial charge in [-0.25, -0.2) is 0 Å².